The third kappa shape index (κ3) is 53.4. The van der Waals surface area contributed by atoms with E-state index in [0.29, 0.717) is 19.3 Å². The molecule has 0 spiro atoms. The molecule has 0 rings (SSSR count). The lowest BCUT2D eigenvalue weighted by Gasteiger charge is -2.18. The number of hydrogen-bond donors (Lipinski definition) is 0. The molecule has 1 atom stereocenters. The van der Waals surface area contributed by atoms with Crippen LogP contribution in [-0.4, -0.2) is 37.2 Å². The van der Waals surface area contributed by atoms with E-state index in [4.69, 9.17) is 14.2 Å². The SMILES string of the molecule is CC/C=C\C/C=C\C/C=C\C/C=C\C/C=C\CCCC(=O)OCC(COC(=O)CCCCCCCCC/C=C\CCCCCC)OC(=O)CCCCCCCCC/C=C\CCCCCCCC. The minimum absolute atomic E-state index is 0.0979. The number of allylic oxidation sites excluding steroid dienone is 14. The van der Waals surface area contributed by atoms with Crippen LogP contribution in [0, 0.1) is 0 Å². The number of hydrogen-bond acceptors (Lipinski definition) is 6. The van der Waals surface area contributed by atoms with Crippen molar-refractivity contribution in [2.24, 2.45) is 0 Å². The van der Waals surface area contributed by atoms with Gasteiger partial charge in [-0.1, -0.05) is 221 Å². The molecular formula is C61H104O6. The third-order valence-electron chi connectivity index (χ3n) is 11.9. The molecule has 0 aliphatic rings. The van der Waals surface area contributed by atoms with Gasteiger partial charge in [-0.3, -0.25) is 14.4 Å². The predicted molar refractivity (Wildman–Crippen MR) is 288 cm³/mol. The summed E-state index contributed by atoms with van der Waals surface area (Å²) in [5.41, 5.74) is 0. The highest BCUT2D eigenvalue weighted by atomic mass is 16.6. The molecule has 0 bridgehead atoms. The number of esters is 3. The Morgan fingerprint density at radius 3 is 1.00 bits per heavy atom. The lowest BCUT2D eigenvalue weighted by molar-refractivity contribution is -0.167. The van der Waals surface area contributed by atoms with Crippen LogP contribution in [0.2, 0.25) is 0 Å². The first-order valence-electron chi connectivity index (χ1n) is 28.1. The van der Waals surface area contributed by atoms with Crippen molar-refractivity contribution >= 4 is 17.9 Å². The Morgan fingerprint density at radius 1 is 0.313 bits per heavy atom. The van der Waals surface area contributed by atoms with Gasteiger partial charge in [-0.15, -0.1) is 0 Å². The van der Waals surface area contributed by atoms with Gasteiger partial charge < -0.3 is 14.2 Å². The fraction of sp³-hybridized carbons (Fsp3) is 0.721. The molecule has 0 saturated carbocycles. The molecule has 0 amide bonds. The lowest BCUT2D eigenvalue weighted by atomic mass is 10.1. The average Bonchev–Trinajstić information content (AvgIpc) is 3.33. The fourth-order valence-corrected chi connectivity index (χ4v) is 7.64. The monoisotopic (exact) mass is 933 g/mol. The number of rotatable bonds is 50. The number of carbonyl (C=O) groups excluding carboxylic acids is 3. The van der Waals surface area contributed by atoms with E-state index in [2.05, 4.69) is 106 Å². The lowest BCUT2D eigenvalue weighted by Crippen LogP contribution is -2.30. The highest BCUT2D eigenvalue weighted by Gasteiger charge is 2.19. The van der Waals surface area contributed by atoms with E-state index in [9.17, 15) is 14.4 Å². The zero-order valence-electron chi connectivity index (χ0n) is 43.9. The van der Waals surface area contributed by atoms with E-state index in [1.54, 1.807) is 0 Å². The Labute approximate surface area is 414 Å². The molecular weight excluding hydrogens is 829 g/mol. The largest absolute Gasteiger partial charge is 0.462 e. The van der Waals surface area contributed by atoms with Gasteiger partial charge in [-0.05, 0) is 109 Å². The summed E-state index contributed by atoms with van der Waals surface area (Å²) in [5.74, 6) is -0.963. The topological polar surface area (TPSA) is 78.9 Å². The van der Waals surface area contributed by atoms with E-state index in [1.165, 1.54) is 141 Å². The fourth-order valence-electron chi connectivity index (χ4n) is 7.64. The smallest absolute Gasteiger partial charge is 0.306 e. The van der Waals surface area contributed by atoms with Crippen molar-refractivity contribution in [1.82, 2.24) is 0 Å². The quantitative estimate of drug-likeness (QED) is 0.0262. The highest BCUT2D eigenvalue weighted by molar-refractivity contribution is 5.71. The molecule has 0 aromatic rings. The third-order valence-corrected chi connectivity index (χ3v) is 11.9. The maximum absolute atomic E-state index is 12.8. The van der Waals surface area contributed by atoms with Crippen LogP contribution in [0.5, 0.6) is 0 Å². The van der Waals surface area contributed by atoms with Gasteiger partial charge in [-0.2, -0.15) is 0 Å². The van der Waals surface area contributed by atoms with Crippen LogP contribution >= 0.6 is 0 Å². The van der Waals surface area contributed by atoms with Gasteiger partial charge in [0.25, 0.3) is 0 Å². The molecule has 0 radical (unpaired) electrons. The normalized spacial score (nSPS) is 12.7. The molecule has 0 N–H and O–H groups in total. The van der Waals surface area contributed by atoms with E-state index >= 15 is 0 Å². The van der Waals surface area contributed by atoms with Gasteiger partial charge in [0.2, 0.25) is 0 Å². The van der Waals surface area contributed by atoms with E-state index in [1.807, 2.05) is 0 Å². The van der Waals surface area contributed by atoms with Crippen LogP contribution in [0.1, 0.15) is 265 Å². The maximum Gasteiger partial charge on any atom is 0.306 e. The summed E-state index contributed by atoms with van der Waals surface area (Å²) >= 11 is 0. The summed E-state index contributed by atoms with van der Waals surface area (Å²) in [6, 6.07) is 0. The van der Waals surface area contributed by atoms with E-state index in [0.717, 1.165) is 77.0 Å². The van der Waals surface area contributed by atoms with E-state index in [-0.39, 0.29) is 37.5 Å². The second-order valence-corrected chi connectivity index (χ2v) is 18.5. The molecule has 0 fully saturated rings. The second kappa shape index (κ2) is 55.2. The Morgan fingerprint density at radius 2 is 0.597 bits per heavy atom. The van der Waals surface area contributed by atoms with Gasteiger partial charge in [-0.25, -0.2) is 0 Å². The summed E-state index contributed by atoms with van der Waals surface area (Å²) in [6.07, 6.45) is 71.4. The van der Waals surface area contributed by atoms with Crippen LogP contribution in [-0.2, 0) is 28.6 Å². The van der Waals surface area contributed by atoms with Crippen LogP contribution in [0.25, 0.3) is 0 Å². The molecule has 384 valence electrons. The van der Waals surface area contributed by atoms with Crippen molar-refractivity contribution in [2.45, 2.75) is 271 Å². The van der Waals surface area contributed by atoms with Gasteiger partial charge >= 0.3 is 17.9 Å². The Hall–Kier alpha value is -3.41. The molecule has 1 unspecified atom stereocenters. The first-order chi connectivity index (χ1) is 33.0. The van der Waals surface area contributed by atoms with Crippen molar-refractivity contribution in [1.29, 1.82) is 0 Å². The van der Waals surface area contributed by atoms with Gasteiger partial charge in [0.15, 0.2) is 6.10 Å². The van der Waals surface area contributed by atoms with Gasteiger partial charge in [0, 0.05) is 19.3 Å². The summed E-state index contributed by atoms with van der Waals surface area (Å²) in [6.45, 7) is 6.46. The summed E-state index contributed by atoms with van der Waals surface area (Å²) < 4.78 is 16.8. The maximum atomic E-state index is 12.8. The van der Waals surface area contributed by atoms with Crippen molar-refractivity contribution in [3.8, 4) is 0 Å². The Bertz CT molecular complexity index is 1300. The summed E-state index contributed by atoms with van der Waals surface area (Å²) in [5, 5.41) is 0. The zero-order chi connectivity index (χ0) is 48.6. The number of unbranched alkanes of at least 4 members (excludes halogenated alkanes) is 25. The zero-order valence-corrected chi connectivity index (χ0v) is 43.9. The Kier molecular flexibility index (Phi) is 52.4. The molecule has 0 saturated heterocycles. The van der Waals surface area contributed by atoms with Crippen LogP contribution in [0.4, 0.5) is 0 Å². The van der Waals surface area contributed by atoms with Crippen molar-refractivity contribution < 1.29 is 28.6 Å². The van der Waals surface area contributed by atoms with Crippen molar-refractivity contribution in [3.63, 3.8) is 0 Å². The minimum atomic E-state index is -0.804. The molecule has 0 heterocycles. The molecule has 0 aromatic carbocycles. The van der Waals surface area contributed by atoms with Crippen LogP contribution < -0.4 is 0 Å². The first kappa shape index (κ1) is 63.6. The predicted octanol–water partition coefficient (Wildman–Crippen LogP) is 18.8. The van der Waals surface area contributed by atoms with Gasteiger partial charge in [0.05, 0.1) is 0 Å². The average molecular weight is 933 g/mol. The number of carbonyl (C=O) groups is 3. The standard InChI is InChI=1S/C61H104O6/c1-4-7-10-13-16-19-22-25-28-30-33-36-39-42-45-48-51-54-60(63)66-57-58(56-65-59(62)53-50-47-44-41-38-35-32-27-24-21-18-15-12-9-6-3)67-61(64)55-52-49-46-43-40-37-34-31-29-26-23-20-17-14-11-8-5-2/h7,10,16,19,21,24-26,28-29,33,36,42,45,58H,4-6,8-9,11-15,17-18,20,22-23,27,30-32,34-35,37-41,43-44,46-57H2,1-3H3/b10-7-,19-16-,24-21-,28-25-,29-26-,36-33-,45-42-. The summed E-state index contributed by atoms with van der Waals surface area (Å²) in [7, 11) is 0. The molecule has 6 nitrogen and oxygen atoms in total. The van der Waals surface area contributed by atoms with Crippen LogP contribution in [0.15, 0.2) is 85.1 Å². The van der Waals surface area contributed by atoms with Crippen molar-refractivity contribution in [2.75, 3.05) is 13.2 Å². The van der Waals surface area contributed by atoms with Crippen molar-refractivity contribution in [3.05, 3.63) is 85.1 Å². The van der Waals surface area contributed by atoms with E-state index < -0.39 is 6.10 Å². The summed E-state index contributed by atoms with van der Waals surface area (Å²) in [4.78, 5) is 38.1. The molecule has 67 heavy (non-hydrogen) atoms. The molecule has 0 aliphatic heterocycles. The molecule has 6 heteroatoms. The second-order valence-electron chi connectivity index (χ2n) is 18.5. The van der Waals surface area contributed by atoms with Crippen LogP contribution in [0.3, 0.4) is 0 Å². The molecule has 0 aromatic heterocycles. The highest BCUT2D eigenvalue weighted by Crippen LogP contribution is 2.14. The number of ether oxygens (including phenoxy) is 3. The van der Waals surface area contributed by atoms with Gasteiger partial charge in [0.1, 0.15) is 13.2 Å². The Balaban J connectivity index is 4.48. The first-order valence-corrected chi connectivity index (χ1v) is 28.1. The molecule has 0 aliphatic carbocycles. The minimum Gasteiger partial charge on any atom is -0.462 e.